The summed E-state index contributed by atoms with van der Waals surface area (Å²) in [7, 11) is 0.868. The molecule has 1 saturated heterocycles. The van der Waals surface area contributed by atoms with Crippen LogP contribution in [0.1, 0.15) is 43.9 Å². The summed E-state index contributed by atoms with van der Waals surface area (Å²) in [5.41, 5.74) is 1.33. The molecule has 0 atom stereocenters. The molecule has 132 valence electrons. The second-order valence-electron chi connectivity index (χ2n) is 7.21. The molecular formula is C18H23BN2O4. The molecule has 1 aliphatic rings. The van der Waals surface area contributed by atoms with Crippen LogP contribution in [-0.4, -0.2) is 41.0 Å². The summed E-state index contributed by atoms with van der Waals surface area (Å²) in [5.74, 6) is 0.461. The SMILES string of the molecule is COC(=O)c1ccc(-n2cc(B3OC(C)(C)C(C)(C)O3)nc2C)cc1. The molecule has 1 aromatic carbocycles. The summed E-state index contributed by atoms with van der Waals surface area (Å²) in [5, 5.41) is 0. The number of aryl methyl sites for hydroxylation is 1. The molecule has 2 aromatic rings. The third-order valence-corrected chi connectivity index (χ3v) is 4.96. The van der Waals surface area contributed by atoms with E-state index in [-0.39, 0.29) is 5.97 Å². The number of benzene rings is 1. The Morgan fingerprint density at radius 2 is 1.68 bits per heavy atom. The van der Waals surface area contributed by atoms with Crippen LogP contribution in [0.3, 0.4) is 0 Å². The quantitative estimate of drug-likeness (QED) is 0.633. The molecule has 1 fully saturated rings. The number of carbonyl (C=O) groups is 1. The highest BCUT2D eigenvalue weighted by molar-refractivity contribution is 6.61. The summed E-state index contributed by atoms with van der Waals surface area (Å²) in [6, 6.07) is 7.17. The van der Waals surface area contributed by atoms with Crippen molar-refractivity contribution in [3.63, 3.8) is 0 Å². The minimum atomic E-state index is -0.501. The predicted octanol–water partition coefficient (Wildman–Crippen LogP) is 2.27. The molecule has 0 N–H and O–H groups in total. The third kappa shape index (κ3) is 3.09. The molecule has 6 nitrogen and oxygen atoms in total. The molecule has 0 bridgehead atoms. The maximum atomic E-state index is 11.6. The monoisotopic (exact) mass is 342 g/mol. The van der Waals surface area contributed by atoms with E-state index in [9.17, 15) is 4.79 Å². The number of aromatic nitrogens is 2. The van der Waals surface area contributed by atoms with Gasteiger partial charge in [0.05, 0.1) is 29.5 Å². The van der Waals surface area contributed by atoms with Crippen LogP contribution in [0.25, 0.3) is 5.69 Å². The van der Waals surface area contributed by atoms with E-state index in [0.29, 0.717) is 5.56 Å². The highest BCUT2D eigenvalue weighted by atomic mass is 16.7. The van der Waals surface area contributed by atoms with Gasteiger partial charge >= 0.3 is 13.1 Å². The highest BCUT2D eigenvalue weighted by Gasteiger charge is 2.52. The van der Waals surface area contributed by atoms with Crippen LogP contribution in [0, 0.1) is 6.92 Å². The maximum absolute atomic E-state index is 11.6. The molecule has 2 heterocycles. The largest absolute Gasteiger partial charge is 0.516 e. The average Bonchev–Trinajstić information content (AvgIpc) is 3.04. The van der Waals surface area contributed by atoms with Crippen molar-refractivity contribution >= 4 is 18.7 Å². The first-order valence-corrected chi connectivity index (χ1v) is 8.25. The van der Waals surface area contributed by atoms with E-state index >= 15 is 0 Å². The molecule has 0 saturated carbocycles. The van der Waals surface area contributed by atoms with E-state index in [1.165, 1.54) is 7.11 Å². The Hall–Kier alpha value is -2.12. The van der Waals surface area contributed by atoms with Gasteiger partial charge in [0.2, 0.25) is 0 Å². The molecular weight excluding hydrogens is 319 g/mol. The van der Waals surface area contributed by atoms with Gasteiger partial charge in [0.1, 0.15) is 5.82 Å². The number of carbonyl (C=O) groups excluding carboxylic acids is 1. The fourth-order valence-electron chi connectivity index (χ4n) is 2.71. The number of nitrogens with zero attached hydrogens (tertiary/aromatic N) is 2. The van der Waals surface area contributed by atoms with Gasteiger partial charge in [-0.1, -0.05) is 0 Å². The van der Waals surface area contributed by atoms with Gasteiger partial charge in [-0.25, -0.2) is 9.78 Å². The number of ether oxygens (including phenoxy) is 1. The average molecular weight is 342 g/mol. The van der Waals surface area contributed by atoms with Gasteiger partial charge in [-0.15, -0.1) is 0 Å². The van der Waals surface area contributed by atoms with E-state index in [1.54, 1.807) is 12.1 Å². The number of hydrogen-bond donors (Lipinski definition) is 0. The Bertz CT molecular complexity index is 780. The fourth-order valence-corrected chi connectivity index (χ4v) is 2.71. The van der Waals surface area contributed by atoms with E-state index in [1.807, 2.05) is 57.5 Å². The Labute approximate surface area is 148 Å². The highest BCUT2D eigenvalue weighted by Crippen LogP contribution is 2.36. The van der Waals surface area contributed by atoms with Crippen molar-refractivity contribution in [1.29, 1.82) is 0 Å². The summed E-state index contributed by atoms with van der Waals surface area (Å²) in [6.07, 6.45) is 1.91. The molecule has 0 unspecified atom stereocenters. The number of methoxy groups -OCH3 is 1. The summed E-state index contributed by atoms with van der Waals surface area (Å²) in [4.78, 5) is 16.1. The number of imidazole rings is 1. The van der Waals surface area contributed by atoms with Crippen molar-refractivity contribution in [3.05, 3.63) is 41.9 Å². The topological polar surface area (TPSA) is 62.6 Å². The Balaban J connectivity index is 1.88. The molecule has 3 rings (SSSR count). The zero-order chi connectivity index (χ0) is 18.4. The third-order valence-electron chi connectivity index (χ3n) is 4.96. The van der Waals surface area contributed by atoms with Crippen LogP contribution in [-0.2, 0) is 14.0 Å². The van der Waals surface area contributed by atoms with Crippen LogP contribution >= 0.6 is 0 Å². The maximum Gasteiger partial charge on any atom is 0.516 e. The summed E-state index contributed by atoms with van der Waals surface area (Å²) >= 11 is 0. The standard InChI is InChI=1S/C18H23BN2O4/c1-12-20-15(19-24-17(2,3)18(4,5)25-19)11-21(12)14-9-7-13(8-10-14)16(22)23-6/h7-11H,1-6H3. The van der Waals surface area contributed by atoms with Gasteiger partial charge in [0.15, 0.2) is 0 Å². The van der Waals surface area contributed by atoms with Crippen LogP contribution in [0.2, 0.25) is 0 Å². The number of hydrogen-bond acceptors (Lipinski definition) is 5. The van der Waals surface area contributed by atoms with E-state index < -0.39 is 18.3 Å². The molecule has 7 heteroatoms. The number of rotatable bonds is 3. The zero-order valence-corrected chi connectivity index (χ0v) is 15.5. The van der Waals surface area contributed by atoms with Gasteiger partial charge in [-0.2, -0.15) is 0 Å². The molecule has 0 radical (unpaired) electrons. The van der Waals surface area contributed by atoms with E-state index in [2.05, 4.69) is 4.98 Å². The van der Waals surface area contributed by atoms with E-state index in [4.69, 9.17) is 14.0 Å². The van der Waals surface area contributed by atoms with Crippen LogP contribution < -0.4 is 5.59 Å². The molecule has 0 aliphatic carbocycles. The normalized spacial score (nSPS) is 18.4. The zero-order valence-electron chi connectivity index (χ0n) is 15.5. The smallest absolute Gasteiger partial charge is 0.465 e. The first-order valence-electron chi connectivity index (χ1n) is 8.25. The van der Waals surface area contributed by atoms with Crippen molar-refractivity contribution in [2.75, 3.05) is 7.11 Å². The lowest BCUT2D eigenvalue weighted by Gasteiger charge is -2.32. The van der Waals surface area contributed by atoms with Crippen LogP contribution in [0.15, 0.2) is 30.5 Å². The van der Waals surface area contributed by atoms with Crippen LogP contribution in [0.4, 0.5) is 0 Å². The Morgan fingerprint density at radius 1 is 1.12 bits per heavy atom. The van der Waals surface area contributed by atoms with Crippen molar-refractivity contribution < 1.29 is 18.8 Å². The number of esters is 1. The minimum Gasteiger partial charge on any atom is -0.465 e. The molecule has 1 aliphatic heterocycles. The lowest BCUT2D eigenvalue weighted by atomic mass is 9.86. The van der Waals surface area contributed by atoms with Gasteiger partial charge in [-0.3, -0.25) is 0 Å². The fraction of sp³-hybridized carbons (Fsp3) is 0.444. The summed E-state index contributed by atoms with van der Waals surface area (Å²) in [6.45, 7) is 9.98. The Kier molecular flexibility index (Phi) is 4.25. The van der Waals surface area contributed by atoms with E-state index in [0.717, 1.165) is 17.1 Å². The lowest BCUT2D eigenvalue weighted by Crippen LogP contribution is -2.41. The first-order chi connectivity index (χ1) is 11.6. The molecule has 0 spiro atoms. The second kappa shape index (κ2) is 6.00. The molecule has 25 heavy (non-hydrogen) atoms. The van der Waals surface area contributed by atoms with Crippen molar-refractivity contribution in [2.24, 2.45) is 0 Å². The lowest BCUT2D eigenvalue weighted by molar-refractivity contribution is 0.00578. The van der Waals surface area contributed by atoms with Gasteiger partial charge in [-0.05, 0) is 58.9 Å². The Morgan fingerprint density at radius 3 is 2.20 bits per heavy atom. The predicted molar refractivity (Wildman–Crippen MR) is 95.4 cm³/mol. The molecule has 1 aromatic heterocycles. The van der Waals surface area contributed by atoms with Gasteiger partial charge < -0.3 is 18.6 Å². The van der Waals surface area contributed by atoms with Crippen molar-refractivity contribution in [1.82, 2.24) is 9.55 Å². The second-order valence-corrected chi connectivity index (χ2v) is 7.21. The van der Waals surface area contributed by atoms with Gasteiger partial charge in [0, 0.05) is 11.9 Å². The minimum absolute atomic E-state index is 0.355. The first kappa shape index (κ1) is 17.7. The van der Waals surface area contributed by atoms with Gasteiger partial charge in [0.25, 0.3) is 0 Å². The van der Waals surface area contributed by atoms with Crippen LogP contribution in [0.5, 0.6) is 0 Å². The van der Waals surface area contributed by atoms with Crippen molar-refractivity contribution in [2.45, 2.75) is 45.8 Å². The van der Waals surface area contributed by atoms with Crippen molar-refractivity contribution in [3.8, 4) is 5.69 Å². The summed E-state index contributed by atoms with van der Waals surface area (Å²) < 4.78 is 18.8. The molecule has 0 amide bonds.